The Morgan fingerprint density at radius 3 is 2.11 bits per heavy atom. The second-order valence-electron chi connectivity index (χ2n) is 10.0. The van der Waals surface area contributed by atoms with Gasteiger partial charge in [-0.25, -0.2) is 9.59 Å². The third-order valence-corrected chi connectivity index (χ3v) is 7.22. The molecule has 9 atom stereocenters. The van der Waals surface area contributed by atoms with Crippen molar-refractivity contribution >= 4 is 40.2 Å². The third kappa shape index (κ3) is 10.0. The first-order valence-corrected chi connectivity index (χ1v) is 14.9. The van der Waals surface area contributed by atoms with Crippen LogP contribution in [0.2, 0.25) is 0 Å². The van der Waals surface area contributed by atoms with Crippen LogP contribution >= 0.6 is 0 Å². The van der Waals surface area contributed by atoms with Crippen LogP contribution in [0.4, 0.5) is 4.79 Å². The van der Waals surface area contributed by atoms with Gasteiger partial charge in [0.15, 0.2) is 18.4 Å². The van der Waals surface area contributed by atoms with E-state index in [2.05, 4.69) is 9.50 Å². The molecule has 47 heavy (non-hydrogen) atoms. The van der Waals surface area contributed by atoms with Crippen molar-refractivity contribution in [3.63, 3.8) is 0 Å². The summed E-state index contributed by atoms with van der Waals surface area (Å²) in [6.07, 6.45) is -14.1. The largest absolute Gasteiger partial charge is 0.463 e. The molecule has 22 nitrogen and oxygen atoms in total. The average Bonchev–Trinajstić information content (AvgIpc) is 3.21. The van der Waals surface area contributed by atoms with Gasteiger partial charge < -0.3 is 44.0 Å². The summed E-state index contributed by atoms with van der Waals surface area (Å²) in [5, 5.41) is 22.9. The summed E-state index contributed by atoms with van der Waals surface area (Å²) in [5.74, 6) is -3.42. The Morgan fingerprint density at radius 2 is 1.53 bits per heavy atom. The molecule has 262 valence electrons. The van der Waals surface area contributed by atoms with Gasteiger partial charge in [0.25, 0.3) is 5.56 Å². The molecule has 2 aliphatic heterocycles. The maximum atomic E-state index is 12.7. The van der Waals surface area contributed by atoms with Crippen LogP contribution in [-0.4, -0.2) is 120 Å². The highest BCUT2D eigenvalue weighted by atomic mass is 32.2. The van der Waals surface area contributed by atoms with E-state index in [-0.39, 0.29) is 0 Å². The molecule has 0 saturated carbocycles. The minimum absolute atomic E-state index is 0.636. The van der Waals surface area contributed by atoms with Gasteiger partial charge in [0, 0.05) is 40.0 Å². The van der Waals surface area contributed by atoms with Gasteiger partial charge in [-0.05, 0) is 0 Å². The van der Waals surface area contributed by atoms with Crippen LogP contribution < -0.4 is 21.3 Å². The Kier molecular flexibility index (Phi) is 12.2. The molecule has 2 amide bonds. The minimum Gasteiger partial charge on any atom is -0.463 e. The normalized spacial score (nSPS) is 28.9. The fourth-order valence-corrected chi connectivity index (χ4v) is 5.16. The number of aromatic amines is 1. The number of hydrogen-bond acceptors (Lipinski definition) is 18. The quantitative estimate of drug-likeness (QED) is 0.108. The van der Waals surface area contributed by atoms with Crippen LogP contribution in [0.5, 0.6) is 0 Å². The van der Waals surface area contributed by atoms with E-state index in [0.717, 1.165) is 44.5 Å². The molecule has 1 aromatic heterocycles. The van der Waals surface area contributed by atoms with Gasteiger partial charge in [0.1, 0.15) is 37.1 Å². The molecule has 1 unspecified atom stereocenters. The standard InChI is InChI=1S/C24H32N4O18S/c1-9(29)25-16-20(43-12(4)32)19(42-11(3)31)14(7-40-10(2)30)45-22(16)46-24(37)27-47(38,39)41-8-13-17(34)18(35)21(44-13)28-6-5-15(33)26-23(28)36/h5-6,13-14,16-22,34-35H,7-8H2,1-4H3,(H,25,29)(H,27,37)(H,26,33,36)/t13-,14-,16-,17-,18-,19-,20-,21?,22-/m1/s1. The molecule has 5 N–H and O–H groups in total. The van der Waals surface area contributed by atoms with Gasteiger partial charge in [0.05, 0.1) is 6.61 Å². The summed E-state index contributed by atoms with van der Waals surface area (Å²) < 4.78 is 63.1. The van der Waals surface area contributed by atoms with E-state index in [1.165, 1.54) is 4.72 Å². The van der Waals surface area contributed by atoms with Crippen LogP contribution in [0.1, 0.15) is 33.9 Å². The minimum atomic E-state index is -5.07. The number of carbonyl (C=O) groups excluding carboxylic acids is 5. The van der Waals surface area contributed by atoms with Gasteiger partial charge in [-0.2, -0.15) is 13.1 Å². The molecule has 0 bridgehead atoms. The predicted molar refractivity (Wildman–Crippen MR) is 146 cm³/mol. The van der Waals surface area contributed by atoms with E-state index in [1.807, 2.05) is 4.98 Å². The van der Waals surface area contributed by atoms with Crippen molar-refractivity contribution in [3.05, 3.63) is 33.1 Å². The lowest BCUT2D eigenvalue weighted by Crippen LogP contribution is -2.67. The number of aromatic nitrogens is 2. The number of H-pyrrole nitrogens is 1. The first kappa shape index (κ1) is 37.0. The zero-order valence-electron chi connectivity index (χ0n) is 25.0. The molecule has 0 aliphatic carbocycles. The predicted octanol–water partition coefficient (Wildman–Crippen LogP) is -4.20. The van der Waals surface area contributed by atoms with Gasteiger partial charge in [0.2, 0.25) is 12.2 Å². The molecule has 0 radical (unpaired) electrons. The number of aliphatic hydroxyl groups is 2. The fraction of sp³-hybridized carbons (Fsp3) is 0.625. The number of esters is 3. The molecule has 3 heterocycles. The summed E-state index contributed by atoms with van der Waals surface area (Å²) in [4.78, 5) is 85.1. The first-order chi connectivity index (χ1) is 21.9. The highest BCUT2D eigenvalue weighted by Crippen LogP contribution is 2.30. The molecule has 2 aliphatic rings. The summed E-state index contributed by atoms with van der Waals surface area (Å²) in [7, 11) is -5.07. The molecule has 1 aromatic rings. The van der Waals surface area contributed by atoms with Crippen molar-refractivity contribution < 1.29 is 75.2 Å². The van der Waals surface area contributed by atoms with Crippen molar-refractivity contribution in [2.24, 2.45) is 0 Å². The molecule has 3 rings (SSSR count). The second kappa shape index (κ2) is 15.4. The Labute approximate surface area is 264 Å². The first-order valence-electron chi connectivity index (χ1n) is 13.5. The number of carbonyl (C=O) groups is 5. The average molecular weight is 697 g/mol. The van der Waals surface area contributed by atoms with Crippen LogP contribution in [-0.2, 0) is 62.1 Å². The fourth-order valence-electron chi connectivity index (χ4n) is 4.53. The summed E-state index contributed by atoms with van der Waals surface area (Å²) in [6, 6.07) is -0.676. The van der Waals surface area contributed by atoms with Crippen LogP contribution in [0.25, 0.3) is 0 Å². The lowest BCUT2D eigenvalue weighted by Gasteiger charge is -2.44. The number of hydrogen-bond donors (Lipinski definition) is 5. The van der Waals surface area contributed by atoms with Crippen molar-refractivity contribution in [2.75, 3.05) is 13.2 Å². The van der Waals surface area contributed by atoms with Gasteiger partial charge in [-0.3, -0.25) is 37.7 Å². The highest BCUT2D eigenvalue weighted by molar-refractivity contribution is 7.85. The maximum Gasteiger partial charge on any atom is 0.425 e. The Morgan fingerprint density at radius 1 is 0.894 bits per heavy atom. The number of amides is 2. The highest BCUT2D eigenvalue weighted by Gasteiger charge is 2.52. The number of nitrogens with zero attached hydrogens (tertiary/aromatic N) is 1. The van der Waals surface area contributed by atoms with Crippen molar-refractivity contribution in [2.45, 2.75) is 82.9 Å². The SMILES string of the molecule is CC(=O)N[C@H]1[C@@H](OC(=O)NS(=O)(=O)OC[C@H]2OC(n3ccc(=O)[nH]c3=O)[C@H](O)[C@@H]2O)O[C@H](COC(C)=O)[C@@H](OC(C)=O)[C@@H]1OC(C)=O. The molecule has 2 saturated heterocycles. The van der Waals surface area contributed by atoms with E-state index in [4.69, 9.17) is 28.4 Å². The van der Waals surface area contributed by atoms with Crippen LogP contribution in [0, 0.1) is 0 Å². The third-order valence-electron chi connectivity index (χ3n) is 6.35. The van der Waals surface area contributed by atoms with Crippen molar-refractivity contribution in [1.82, 2.24) is 19.6 Å². The summed E-state index contributed by atoms with van der Waals surface area (Å²) in [6.45, 7) is 2.40. The summed E-state index contributed by atoms with van der Waals surface area (Å²) in [5.41, 5.74) is -1.75. The van der Waals surface area contributed by atoms with E-state index < -0.39 is 120 Å². The second-order valence-corrected chi connectivity index (χ2v) is 11.4. The maximum absolute atomic E-state index is 12.7. The molecular weight excluding hydrogens is 664 g/mol. The number of ether oxygens (including phenoxy) is 6. The van der Waals surface area contributed by atoms with Crippen LogP contribution in [0.15, 0.2) is 21.9 Å². The zero-order valence-corrected chi connectivity index (χ0v) is 25.9. The lowest BCUT2D eigenvalue weighted by atomic mass is 9.96. The van der Waals surface area contributed by atoms with E-state index in [0.29, 0.717) is 0 Å². The van der Waals surface area contributed by atoms with E-state index >= 15 is 0 Å². The van der Waals surface area contributed by atoms with Gasteiger partial charge in [-0.15, -0.1) is 0 Å². The molecule has 23 heteroatoms. The van der Waals surface area contributed by atoms with Crippen molar-refractivity contribution in [1.29, 1.82) is 0 Å². The van der Waals surface area contributed by atoms with Gasteiger partial charge in [-0.1, -0.05) is 0 Å². The number of aliphatic hydroxyl groups excluding tert-OH is 2. The lowest BCUT2D eigenvalue weighted by molar-refractivity contribution is -0.263. The van der Waals surface area contributed by atoms with Crippen molar-refractivity contribution in [3.8, 4) is 0 Å². The Balaban J connectivity index is 1.75. The summed E-state index contributed by atoms with van der Waals surface area (Å²) >= 11 is 0. The smallest absolute Gasteiger partial charge is 0.425 e. The Hall–Kier alpha value is -4.42. The van der Waals surface area contributed by atoms with Crippen LogP contribution in [0.3, 0.4) is 0 Å². The number of rotatable bonds is 11. The monoisotopic (exact) mass is 696 g/mol. The van der Waals surface area contributed by atoms with E-state index in [9.17, 15) is 52.2 Å². The van der Waals surface area contributed by atoms with Gasteiger partial charge >= 0.3 is 40.0 Å². The topological polar surface area (TPSA) is 303 Å². The van der Waals surface area contributed by atoms with E-state index in [1.54, 1.807) is 0 Å². The zero-order chi connectivity index (χ0) is 35.2. The molecule has 2 fully saturated rings. The number of nitrogens with one attached hydrogen (secondary N) is 3. The Bertz CT molecular complexity index is 1580. The molecule has 0 spiro atoms. The molecular formula is C24H32N4O18S. The molecule has 0 aromatic carbocycles.